The first-order chi connectivity index (χ1) is 16.3. The highest BCUT2D eigenvalue weighted by Gasteiger charge is 2.50. The Hall–Kier alpha value is -3.29. The SMILES string of the molecule is c1ccc(-c2ccc(OP3Oc4cccc5c4C4(CC5)CCc5cccc(c54)O3)cc2)cc1. The Labute approximate surface area is 195 Å². The van der Waals surface area contributed by atoms with Crippen molar-refractivity contribution in [3.8, 4) is 28.4 Å². The first-order valence-electron chi connectivity index (χ1n) is 11.5. The molecule has 4 aromatic carbocycles. The van der Waals surface area contributed by atoms with Gasteiger partial charge in [-0.2, -0.15) is 0 Å². The standard InChI is InChI=1S/C29H23O3P/c1-2-6-20(7-3-1)21-12-14-24(15-13-21)30-33-31-25-10-4-8-22-16-18-29(27(22)25)19-17-23-9-5-11-26(32-33)28(23)29/h1-15H,16-19H2. The Morgan fingerprint density at radius 2 is 1.18 bits per heavy atom. The van der Waals surface area contributed by atoms with Crippen molar-refractivity contribution >= 4 is 8.60 Å². The van der Waals surface area contributed by atoms with Crippen LogP contribution in [0.3, 0.4) is 0 Å². The summed E-state index contributed by atoms with van der Waals surface area (Å²) in [5.41, 5.74) is 7.87. The average Bonchev–Trinajstić information content (AvgIpc) is 3.42. The van der Waals surface area contributed by atoms with Gasteiger partial charge in [-0.1, -0.05) is 66.7 Å². The van der Waals surface area contributed by atoms with E-state index in [0.29, 0.717) is 0 Å². The maximum atomic E-state index is 6.47. The molecule has 0 unspecified atom stereocenters. The van der Waals surface area contributed by atoms with Crippen molar-refractivity contribution in [3.63, 3.8) is 0 Å². The van der Waals surface area contributed by atoms with Gasteiger partial charge in [-0.05, 0) is 72.2 Å². The van der Waals surface area contributed by atoms with Gasteiger partial charge < -0.3 is 13.6 Å². The summed E-state index contributed by atoms with van der Waals surface area (Å²) >= 11 is 0. The minimum atomic E-state index is -1.64. The smallest absolute Gasteiger partial charge is 0.409 e. The molecule has 1 aliphatic heterocycles. The zero-order chi connectivity index (χ0) is 21.8. The van der Waals surface area contributed by atoms with E-state index >= 15 is 0 Å². The Balaban J connectivity index is 1.27. The van der Waals surface area contributed by atoms with Gasteiger partial charge in [0.05, 0.1) is 0 Å². The lowest BCUT2D eigenvalue weighted by molar-refractivity contribution is 0.364. The number of rotatable bonds is 3. The molecule has 1 spiro atoms. The second-order valence-corrected chi connectivity index (χ2v) is 10.0. The molecule has 0 N–H and O–H groups in total. The molecule has 0 saturated carbocycles. The third-order valence-corrected chi connectivity index (χ3v) is 8.36. The van der Waals surface area contributed by atoms with Crippen LogP contribution in [0.1, 0.15) is 35.1 Å². The van der Waals surface area contributed by atoms with Crippen LogP contribution in [-0.2, 0) is 18.3 Å². The molecule has 0 aromatic heterocycles. The summed E-state index contributed by atoms with van der Waals surface area (Å²) in [6.07, 6.45) is 4.41. The molecular weight excluding hydrogens is 427 g/mol. The number of benzene rings is 4. The molecule has 2 aliphatic carbocycles. The quantitative estimate of drug-likeness (QED) is 0.301. The number of hydrogen-bond donors (Lipinski definition) is 0. The molecule has 3 nitrogen and oxygen atoms in total. The Kier molecular flexibility index (Phi) is 4.29. The van der Waals surface area contributed by atoms with E-state index < -0.39 is 8.60 Å². The fourth-order valence-corrected chi connectivity index (χ4v) is 6.93. The van der Waals surface area contributed by atoms with E-state index in [-0.39, 0.29) is 5.41 Å². The molecular formula is C29H23O3P. The molecule has 4 aromatic rings. The van der Waals surface area contributed by atoms with Gasteiger partial charge >= 0.3 is 8.60 Å². The van der Waals surface area contributed by atoms with Crippen molar-refractivity contribution in [2.24, 2.45) is 0 Å². The highest BCUT2D eigenvalue weighted by molar-refractivity contribution is 7.43. The van der Waals surface area contributed by atoms with Crippen molar-refractivity contribution < 1.29 is 13.6 Å². The molecule has 0 fully saturated rings. The molecule has 0 radical (unpaired) electrons. The topological polar surface area (TPSA) is 27.7 Å². The third kappa shape index (κ3) is 2.99. The molecule has 1 heterocycles. The Morgan fingerprint density at radius 3 is 1.79 bits per heavy atom. The van der Waals surface area contributed by atoms with Gasteiger partial charge in [-0.15, -0.1) is 0 Å². The van der Waals surface area contributed by atoms with Crippen LogP contribution in [0.2, 0.25) is 0 Å². The van der Waals surface area contributed by atoms with Crippen molar-refractivity contribution in [2.75, 3.05) is 0 Å². The molecule has 162 valence electrons. The van der Waals surface area contributed by atoms with E-state index in [1.54, 1.807) is 0 Å². The molecule has 0 bridgehead atoms. The first-order valence-corrected chi connectivity index (χ1v) is 12.6. The third-order valence-electron chi connectivity index (χ3n) is 7.31. The summed E-state index contributed by atoms with van der Waals surface area (Å²) in [7, 11) is -1.64. The summed E-state index contributed by atoms with van der Waals surface area (Å²) in [5.74, 6) is 2.58. The Bertz CT molecular complexity index is 1280. The van der Waals surface area contributed by atoms with Gasteiger partial charge in [0.2, 0.25) is 0 Å². The normalized spacial score (nSPS) is 17.2. The van der Waals surface area contributed by atoms with Gasteiger partial charge in [0, 0.05) is 16.5 Å². The second-order valence-electron chi connectivity index (χ2n) is 9.05. The van der Waals surface area contributed by atoms with E-state index in [9.17, 15) is 0 Å². The highest BCUT2D eigenvalue weighted by atomic mass is 31.2. The van der Waals surface area contributed by atoms with Gasteiger partial charge in [-0.25, -0.2) is 0 Å². The van der Waals surface area contributed by atoms with Crippen LogP contribution in [0, 0.1) is 0 Å². The van der Waals surface area contributed by atoms with Crippen LogP contribution in [0.15, 0.2) is 91.0 Å². The van der Waals surface area contributed by atoms with Crippen molar-refractivity contribution in [1.82, 2.24) is 0 Å². The van der Waals surface area contributed by atoms with Crippen LogP contribution < -0.4 is 13.6 Å². The predicted molar refractivity (Wildman–Crippen MR) is 131 cm³/mol. The molecule has 7 rings (SSSR count). The summed E-state index contributed by atoms with van der Waals surface area (Å²) in [5, 5.41) is 0. The van der Waals surface area contributed by atoms with E-state index in [2.05, 4.69) is 72.8 Å². The van der Waals surface area contributed by atoms with E-state index in [4.69, 9.17) is 13.6 Å². The van der Waals surface area contributed by atoms with Gasteiger partial charge in [0.1, 0.15) is 17.2 Å². The molecule has 0 atom stereocenters. The summed E-state index contributed by atoms with van der Waals surface area (Å²) < 4.78 is 19.3. The minimum Gasteiger partial charge on any atom is -0.409 e. The van der Waals surface area contributed by atoms with Gasteiger partial charge in [0.15, 0.2) is 0 Å². The lowest BCUT2D eigenvalue weighted by Gasteiger charge is -2.33. The lowest BCUT2D eigenvalue weighted by Crippen LogP contribution is -2.24. The summed E-state index contributed by atoms with van der Waals surface area (Å²) in [4.78, 5) is 0. The van der Waals surface area contributed by atoms with E-state index in [1.165, 1.54) is 27.8 Å². The van der Waals surface area contributed by atoms with Crippen LogP contribution >= 0.6 is 8.60 Å². The van der Waals surface area contributed by atoms with Crippen LogP contribution in [-0.4, -0.2) is 0 Å². The van der Waals surface area contributed by atoms with Crippen LogP contribution in [0.5, 0.6) is 17.2 Å². The zero-order valence-electron chi connectivity index (χ0n) is 18.2. The predicted octanol–water partition coefficient (Wildman–Crippen LogP) is 7.61. The molecule has 3 aliphatic rings. The molecule has 4 heteroatoms. The largest absolute Gasteiger partial charge is 0.530 e. The van der Waals surface area contributed by atoms with E-state index in [1.807, 2.05) is 18.2 Å². The fraction of sp³-hybridized carbons (Fsp3) is 0.172. The van der Waals surface area contributed by atoms with Crippen molar-refractivity contribution in [1.29, 1.82) is 0 Å². The number of aryl methyl sites for hydroxylation is 2. The summed E-state index contributed by atoms with van der Waals surface area (Å²) in [6.45, 7) is 0. The minimum absolute atomic E-state index is 0.0105. The molecule has 0 saturated heterocycles. The van der Waals surface area contributed by atoms with Crippen LogP contribution in [0.4, 0.5) is 0 Å². The summed E-state index contributed by atoms with van der Waals surface area (Å²) in [6, 6.07) is 31.4. The second kappa shape index (κ2) is 7.37. The Morgan fingerprint density at radius 1 is 0.606 bits per heavy atom. The average molecular weight is 450 g/mol. The molecule has 33 heavy (non-hydrogen) atoms. The van der Waals surface area contributed by atoms with E-state index in [0.717, 1.165) is 48.5 Å². The van der Waals surface area contributed by atoms with Crippen molar-refractivity contribution in [2.45, 2.75) is 31.1 Å². The lowest BCUT2D eigenvalue weighted by atomic mass is 9.76. The zero-order valence-corrected chi connectivity index (χ0v) is 19.1. The first kappa shape index (κ1) is 19.2. The highest BCUT2D eigenvalue weighted by Crippen LogP contribution is 2.61. The maximum absolute atomic E-state index is 6.47. The van der Waals surface area contributed by atoms with Gasteiger partial charge in [-0.3, -0.25) is 0 Å². The van der Waals surface area contributed by atoms with Crippen molar-refractivity contribution in [3.05, 3.63) is 113 Å². The molecule has 0 amide bonds. The maximum Gasteiger partial charge on any atom is 0.530 e. The number of hydrogen-bond acceptors (Lipinski definition) is 3. The fourth-order valence-electron chi connectivity index (χ4n) is 5.90. The van der Waals surface area contributed by atoms with Gasteiger partial charge in [0.25, 0.3) is 0 Å². The van der Waals surface area contributed by atoms with Crippen LogP contribution in [0.25, 0.3) is 11.1 Å². The monoisotopic (exact) mass is 450 g/mol.